The van der Waals surface area contributed by atoms with Crippen LogP contribution in [0.1, 0.15) is 104 Å². The van der Waals surface area contributed by atoms with Crippen LogP contribution in [0.25, 0.3) is 0 Å². The van der Waals surface area contributed by atoms with E-state index < -0.39 is 26.5 Å². The summed E-state index contributed by atoms with van der Waals surface area (Å²) in [4.78, 5) is 34.5. The van der Waals surface area contributed by atoms with E-state index in [0.717, 1.165) is 70.6 Å². The number of esters is 2. The van der Waals surface area contributed by atoms with Crippen LogP contribution in [0.5, 0.6) is 0 Å². The maximum Gasteiger partial charge on any atom is 0.472 e. The van der Waals surface area contributed by atoms with Crippen molar-refractivity contribution in [3.8, 4) is 0 Å². The number of unbranched alkanes of at least 4 members (excludes halogenated alkanes) is 9. The van der Waals surface area contributed by atoms with Gasteiger partial charge >= 0.3 is 19.8 Å². The molecule has 0 saturated carbocycles. The van der Waals surface area contributed by atoms with E-state index in [9.17, 15) is 19.0 Å². The van der Waals surface area contributed by atoms with E-state index in [1.54, 1.807) is 0 Å². The van der Waals surface area contributed by atoms with Crippen LogP contribution in [-0.2, 0) is 32.7 Å². The van der Waals surface area contributed by atoms with Crippen LogP contribution >= 0.6 is 7.82 Å². The van der Waals surface area contributed by atoms with Crippen LogP contribution in [0.2, 0.25) is 0 Å². The number of carbonyl (C=O) groups is 2. The summed E-state index contributed by atoms with van der Waals surface area (Å²) >= 11 is 0. The topological polar surface area (TPSA) is 108 Å². The minimum atomic E-state index is -4.34. The van der Waals surface area contributed by atoms with Gasteiger partial charge in [0.25, 0.3) is 0 Å². The average Bonchev–Trinajstić information content (AvgIpc) is 2.83. The Labute approximate surface area is 231 Å². The summed E-state index contributed by atoms with van der Waals surface area (Å²) in [6, 6.07) is 0. The summed E-state index contributed by atoms with van der Waals surface area (Å²) in [5.74, 6) is -0.832. The molecule has 0 aromatic heterocycles. The van der Waals surface area contributed by atoms with Crippen LogP contribution in [0, 0.1) is 0 Å². The number of nitrogens with zero attached hydrogens (tertiary/aromatic N) is 1. The fourth-order valence-corrected chi connectivity index (χ4v) is 4.22. The van der Waals surface area contributed by atoms with Crippen LogP contribution in [0.3, 0.4) is 0 Å². The summed E-state index contributed by atoms with van der Waals surface area (Å²) in [5, 5.41) is 0. The van der Waals surface area contributed by atoms with Crippen molar-refractivity contribution in [3.05, 3.63) is 12.2 Å². The molecule has 0 rings (SSSR count). The van der Waals surface area contributed by atoms with E-state index in [1.165, 1.54) is 0 Å². The molecule has 1 N–H and O–H groups in total. The summed E-state index contributed by atoms with van der Waals surface area (Å²) in [6.07, 6.45) is 16.0. The van der Waals surface area contributed by atoms with E-state index in [0.29, 0.717) is 17.4 Å². The number of likely N-dealkylation sites (N-methyl/N-ethyl adjacent to an activating group) is 1. The Morgan fingerprint density at radius 2 is 1.42 bits per heavy atom. The van der Waals surface area contributed by atoms with E-state index in [4.69, 9.17) is 18.5 Å². The lowest BCUT2D eigenvalue weighted by atomic mass is 10.1. The molecule has 0 bridgehead atoms. The zero-order chi connectivity index (χ0) is 28.7. The third-order valence-corrected chi connectivity index (χ3v) is 6.79. The summed E-state index contributed by atoms with van der Waals surface area (Å²) in [7, 11) is 1.46. The molecule has 0 saturated heterocycles. The standard InChI is InChI=1S/C28H54NO8P/c1-6-8-10-12-13-14-15-17-19-21-28(31)37-26(24-34-27(30)20-18-16-11-9-7-2)25-36-38(32,33)35-23-22-29(3,4)5/h8,10,26H,6-7,9,11-25H2,1-5H3/p+1/b10-8+/t26-/m1/s1. The number of phosphoric acid groups is 1. The van der Waals surface area contributed by atoms with Gasteiger partial charge in [-0.15, -0.1) is 0 Å². The smallest absolute Gasteiger partial charge is 0.462 e. The molecule has 38 heavy (non-hydrogen) atoms. The highest BCUT2D eigenvalue weighted by atomic mass is 31.2. The molecule has 0 aliphatic rings. The zero-order valence-electron chi connectivity index (χ0n) is 24.7. The lowest BCUT2D eigenvalue weighted by Crippen LogP contribution is -2.37. The summed E-state index contributed by atoms with van der Waals surface area (Å²) in [5.41, 5.74) is 0. The van der Waals surface area contributed by atoms with Crippen molar-refractivity contribution in [1.29, 1.82) is 0 Å². The lowest BCUT2D eigenvalue weighted by Gasteiger charge is -2.24. The maximum absolute atomic E-state index is 12.4. The maximum atomic E-state index is 12.4. The van der Waals surface area contributed by atoms with Crippen molar-refractivity contribution in [3.63, 3.8) is 0 Å². The molecule has 0 heterocycles. The fraction of sp³-hybridized carbons (Fsp3) is 0.857. The first-order valence-corrected chi connectivity index (χ1v) is 15.9. The van der Waals surface area contributed by atoms with Gasteiger partial charge in [-0.25, -0.2) is 4.57 Å². The van der Waals surface area contributed by atoms with Crippen molar-refractivity contribution in [2.24, 2.45) is 0 Å². The number of hydrogen-bond donors (Lipinski definition) is 1. The van der Waals surface area contributed by atoms with Gasteiger partial charge in [0.05, 0.1) is 27.7 Å². The molecule has 0 aromatic carbocycles. The molecule has 0 aliphatic carbocycles. The normalized spacial score (nSPS) is 14.4. The minimum Gasteiger partial charge on any atom is -0.462 e. The minimum absolute atomic E-state index is 0.0314. The van der Waals surface area contributed by atoms with Crippen molar-refractivity contribution >= 4 is 19.8 Å². The Morgan fingerprint density at radius 3 is 2.05 bits per heavy atom. The monoisotopic (exact) mass is 564 g/mol. The third-order valence-electron chi connectivity index (χ3n) is 5.81. The van der Waals surface area contributed by atoms with Gasteiger partial charge in [-0.1, -0.05) is 70.9 Å². The van der Waals surface area contributed by atoms with Gasteiger partial charge in [0.1, 0.15) is 19.8 Å². The van der Waals surface area contributed by atoms with Crippen molar-refractivity contribution in [2.75, 3.05) is 47.5 Å². The SMILES string of the molecule is CC/C=C/CCCCCCCC(=O)O[C@H](COC(=O)CCCCCCC)COP(=O)(O)OCC[N+](C)(C)C. The van der Waals surface area contributed by atoms with Crippen molar-refractivity contribution in [1.82, 2.24) is 0 Å². The molecule has 2 atom stereocenters. The second kappa shape index (κ2) is 22.6. The van der Waals surface area contributed by atoms with E-state index in [-0.39, 0.29) is 32.0 Å². The number of hydrogen-bond acceptors (Lipinski definition) is 7. The number of rotatable bonds is 25. The van der Waals surface area contributed by atoms with Gasteiger partial charge in [-0.05, 0) is 32.1 Å². The lowest BCUT2D eigenvalue weighted by molar-refractivity contribution is -0.870. The molecule has 0 amide bonds. The molecule has 0 fully saturated rings. The Hall–Kier alpha value is -1.25. The Balaban J connectivity index is 4.58. The molecule has 0 aliphatic heterocycles. The van der Waals surface area contributed by atoms with Gasteiger partial charge in [-0.2, -0.15) is 0 Å². The highest BCUT2D eigenvalue weighted by Gasteiger charge is 2.27. The largest absolute Gasteiger partial charge is 0.472 e. The number of phosphoric ester groups is 1. The van der Waals surface area contributed by atoms with Crippen LogP contribution in [-0.4, -0.2) is 74.9 Å². The average molecular weight is 565 g/mol. The quantitative estimate of drug-likeness (QED) is 0.0450. The molecular weight excluding hydrogens is 509 g/mol. The summed E-state index contributed by atoms with van der Waals surface area (Å²) in [6.45, 7) is 4.16. The summed E-state index contributed by atoms with van der Waals surface area (Å²) < 4.78 is 33.6. The van der Waals surface area contributed by atoms with Crippen LogP contribution < -0.4 is 0 Å². The Bertz CT molecular complexity index is 693. The van der Waals surface area contributed by atoms with Gasteiger partial charge in [0.2, 0.25) is 0 Å². The number of ether oxygens (including phenoxy) is 2. The molecule has 0 spiro atoms. The first-order valence-electron chi connectivity index (χ1n) is 14.4. The van der Waals surface area contributed by atoms with Crippen LogP contribution in [0.4, 0.5) is 0 Å². The van der Waals surface area contributed by atoms with Gasteiger partial charge in [0.15, 0.2) is 6.10 Å². The van der Waals surface area contributed by atoms with E-state index in [1.807, 2.05) is 21.1 Å². The second-order valence-corrected chi connectivity index (χ2v) is 12.2. The molecule has 0 aromatic rings. The third kappa shape index (κ3) is 25.1. The molecule has 0 radical (unpaired) electrons. The molecule has 9 nitrogen and oxygen atoms in total. The fourth-order valence-electron chi connectivity index (χ4n) is 3.48. The van der Waals surface area contributed by atoms with E-state index in [2.05, 4.69) is 26.0 Å². The number of quaternary nitrogens is 1. The van der Waals surface area contributed by atoms with Crippen molar-refractivity contribution in [2.45, 2.75) is 110 Å². The highest BCUT2D eigenvalue weighted by Crippen LogP contribution is 2.43. The van der Waals surface area contributed by atoms with Gasteiger partial charge in [-0.3, -0.25) is 18.6 Å². The Kier molecular flexibility index (Phi) is 21.8. The molecule has 224 valence electrons. The molecule has 1 unspecified atom stereocenters. The molecule has 10 heteroatoms. The highest BCUT2D eigenvalue weighted by molar-refractivity contribution is 7.47. The second-order valence-electron chi connectivity index (χ2n) is 10.8. The van der Waals surface area contributed by atoms with E-state index >= 15 is 0 Å². The first-order chi connectivity index (χ1) is 18.0. The number of allylic oxidation sites excluding steroid dienone is 2. The predicted octanol–water partition coefficient (Wildman–Crippen LogP) is 6.34. The zero-order valence-corrected chi connectivity index (χ0v) is 25.6. The predicted molar refractivity (Wildman–Crippen MR) is 151 cm³/mol. The van der Waals surface area contributed by atoms with Gasteiger partial charge in [0, 0.05) is 12.8 Å². The molecular formula is C28H55NO8P+. The van der Waals surface area contributed by atoms with Crippen molar-refractivity contribution < 1.29 is 42.1 Å². The van der Waals surface area contributed by atoms with Gasteiger partial charge < -0.3 is 18.9 Å². The number of carbonyl (C=O) groups excluding carboxylic acids is 2. The first kappa shape index (κ1) is 36.8. The Morgan fingerprint density at radius 1 is 0.816 bits per heavy atom. The van der Waals surface area contributed by atoms with Crippen LogP contribution in [0.15, 0.2) is 12.2 Å².